The van der Waals surface area contributed by atoms with Crippen LogP contribution in [0.4, 0.5) is 10.1 Å². The van der Waals surface area contributed by atoms with Crippen LogP contribution in [-0.2, 0) is 6.42 Å². The molecule has 0 unspecified atom stereocenters. The molecule has 4 nitrogen and oxygen atoms in total. The number of fused-ring (bicyclic) bond motifs is 1. The number of para-hydroxylation sites is 1. The third-order valence-corrected chi connectivity index (χ3v) is 5.63. The van der Waals surface area contributed by atoms with Gasteiger partial charge >= 0.3 is 0 Å². The molecule has 1 fully saturated rings. The van der Waals surface area contributed by atoms with E-state index in [0.717, 1.165) is 68.6 Å². The number of unbranched alkanes of at least 4 members (excludes halogenated alkanes) is 1. The molecule has 0 saturated carbocycles. The molecular weight excluding hydrogens is 351 g/mol. The Kier molecular flexibility index (Phi) is 5.59. The fourth-order valence-corrected chi connectivity index (χ4v) is 4.03. The van der Waals surface area contributed by atoms with Crippen LogP contribution in [0.5, 0.6) is 0 Å². The Morgan fingerprint density at radius 1 is 1.04 bits per heavy atom. The second kappa shape index (κ2) is 8.45. The van der Waals surface area contributed by atoms with Crippen molar-refractivity contribution in [1.29, 1.82) is 5.26 Å². The number of aryl methyl sites for hydroxylation is 1. The van der Waals surface area contributed by atoms with Crippen LogP contribution in [0, 0.1) is 17.1 Å². The minimum atomic E-state index is -0.130. The Labute approximate surface area is 165 Å². The number of nitrogens with zero attached hydrogens (tertiary/aromatic N) is 3. The molecule has 144 valence electrons. The van der Waals surface area contributed by atoms with E-state index in [2.05, 4.69) is 27.0 Å². The van der Waals surface area contributed by atoms with Gasteiger partial charge in [0.15, 0.2) is 0 Å². The summed E-state index contributed by atoms with van der Waals surface area (Å²) >= 11 is 0. The van der Waals surface area contributed by atoms with E-state index < -0.39 is 0 Å². The maximum atomic E-state index is 13.9. The number of benzene rings is 2. The maximum absolute atomic E-state index is 13.9. The van der Waals surface area contributed by atoms with Gasteiger partial charge in [-0.3, -0.25) is 4.90 Å². The van der Waals surface area contributed by atoms with Gasteiger partial charge in [0.1, 0.15) is 5.82 Å². The summed E-state index contributed by atoms with van der Waals surface area (Å²) in [4.78, 5) is 7.91. The topological polar surface area (TPSA) is 46.1 Å². The average Bonchev–Trinajstić information content (AvgIpc) is 3.14. The number of piperazine rings is 1. The molecular formula is C23H25FN4. The van der Waals surface area contributed by atoms with E-state index in [4.69, 9.17) is 5.26 Å². The molecule has 1 N–H and O–H groups in total. The van der Waals surface area contributed by atoms with Crippen LogP contribution in [-0.4, -0.2) is 42.6 Å². The molecule has 0 spiro atoms. The van der Waals surface area contributed by atoms with E-state index in [1.165, 1.54) is 11.6 Å². The summed E-state index contributed by atoms with van der Waals surface area (Å²) in [6.45, 7) is 4.79. The molecule has 28 heavy (non-hydrogen) atoms. The van der Waals surface area contributed by atoms with Crippen molar-refractivity contribution in [2.24, 2.45) is 0 Å². The van der Waals surface area contributed by atoms with Gasteiger partial charge in [0.2, 0.25) is 0 Å². The largest absolute Gasteiger partial charge is 0.367 e. The van der Waals surface area contributed by atoms with Gasteiger partial charge in [-0.2, -0.15) is 5.26 Å². The van der Waals surface area contributed by atoms with Crippen molar-refractivity contribution < 1.29 is 4.39 Å². The quantitative estimate of drug-likeness (QED) is 0.652. The Balaban J connectivity index is 1.24. The van der Waals surface area contributed by atoms with E-state index >= 15 is 0 Å². The average molecular weight is 376 g/mol. The smallest absolute Gasteiger partial charge is 0.146 e. The van der Waals surface area contributed by atoms with Gasteiger partial charge < -0.3 is 9.88 Å². The van der Waals surface area contributed by atoms with E-state index in [9.17, 15) is 4.39 Å². The van der Waals surface area contributed by atoms with E-state index in [0.29, 0.717) is 5.56 Å². The highest BCUT2D eigenvalue weighted by Crippen LogP contribution is 2.22. The zero-order valence-corrected chi connectivity index (χ0v) is 16.0. The van der Waals surface area contributed by atoms with Crippen molar-refractivity contribution in [2.45, 2.75) is 19.3 Å². The summed E-state index contributed by atoms with van der Waals surface area (Å²) in [5.41, 5.74) is 3.81. The van der Waals surface area contributed by atoms with Crippen molar-refractivity contribution in [3.63, 3.8) is 0 Å². The van der Waals surface area contributed by atoms with Crippen molar-refractivity contribution >= 4 is 16.6 Å². The highest BCUT2D eigenvalue weighted by molar-refractivity contribution is 5.84. The van der Waals surface area contributed by atoms with Gasteiger partial charge in [0, 0.05) is 43.3 Å². The number of hydrogen-bond donors (Lipinski definition) is 1. The molecule has 1 aliphatic rings. The van der Waals surface area contributed by atoms with Gasteiger partial charge in [0.05, 0.1) is 17.3 Å². The molecule has 0 aliphatic carbocycles. The lowest BCUT2D eigenvalue weighted by molar-refractivity contribution is 0.252. The summed E-state index contributed by atoms with van der Waals surface area (Å²) in [5.74, 6) is -0.130. The Morgan fingerprint density at radius 2 is 1.86 bits per heavy atom. The number of aromatic amines is 1. The number of H-pyrrole nitrogens is 1. The number of anilines is 1. The standard InChI is InChI=1S/C23H25FN4/c24-21-6-1-2-7-23(21)28-13-11-27(12-14-28)10-4-3-5-19-17-26-22-9-8-18(16-25)15-20(19)22/h1-2,6-9,15,17,26H,3-5,10-14H2. The number of hydrogen-bond acceptors (Lipinski definition) is 3. The molecule has 1 aromatic heterocycles. The summed E-state index contributed by atoms with van der Waals surface area (Å²) in [7, 11) is 0. The van der Waals surface area contributed by atoms with Crippen LogP contribution in [0.3, 0.4) is 0 Å². The first-order chi connectivity index (χ1) is 13.7. The fraction of sp³-hybridized carbons (Fsp3) is 0.348. The van der Waals surface area contributed by atoms with Crippen LogP contribution in [0.1, 0.15) is 24.0 Å². The first kappa shape index (κ1) is 18.5. The second-order valence-corrected chi connectivity index (χ2v) is 7.42. The zero-order valence-electron chi connectivity index (χ0n) is 16.0. The molecule has 0 bridgehead atoms. The van der Waals surface area contributed by atoms with Crippen molar-refractivity contribution in [2.75, 3.05) is 37.6 Å². The lowest BCUT2D eigenvalue weighted by atomic mass is 10.1. The predicted octanol–water partition coefficient (Wildman–Crippen LogP) is 4.32. The minimum absolute atomic E-state index is 0.130. The van der Waals surface area contributed by atoms with Crippen LogP contribution < -0.4 is 4.90 Å². The van der Waals surface area contributed by atoms with E-state index in [1.807, 2.05) is 30.3 Å². The van der Waals surface area contributed by atoms with Gasteiger partial charge in [-0.1, -0.05) is 12.1 Å². The zero-order chi connectivity index (χ0) is 19.3. The molecule has 4 rings (SSSR count). The predicted molar refractivity (Wildman–Crippen MR) is 111 cm³/mol. The van der Waals surface area contributed by atoms with Gasteiger partial charge in [-0.05, 0) is 61.7 Å². The van der Waals surface area contributed by atoms with Crippen LogP contribution in [0.15, 0.2) is 48.7 Å². The number of halogens is 1. The molecule has 3 aromatic rings. The third-order valence-electron chi connectivity index (χ3n) is 5.63. The molecule has 5 heteroatoms. The van der Waals surface area contributed by atoms with Crippen LogP contribution in [0.2, 0.25) is 0 Å². The molecule has 0 radical (unpaired) electrons. The van der Waals surface area contributed by atoms with Gasteiger partial charge in [-0.15, -0.1) is 0 Å². The fourth-order valence-electron chi connectivity index (χ4n) is 4.03. The van der Waals surface area contributed by atoms with Gasteiger partial charge in [-0.25, -0.2) is 4.39 Å². The minimum Gasteiger partial charge on any atom is -0.367 e. The molecule has 0 amide bonds. The normalized spacial score (nSPS) is 15.1. The lowest BCUT2D eigenvalue weighted by Crippen LogP contribution is -2.46. The SMILES string of the molecule is N#Cc1ccc2[nH]cc(CCCCN3CCN(c4ccccc4F)CC3)c2c1. The maximum Gasteiger partial charge on any atom is 0.146 e. The monoisotopic (exact) mass is 376 g/mol. The summed E-state index contributed by atoms with van der Waals surface area (Å²) < 4.78 is 13.9. The first-order valence-corrected chi connectivity index (χ1v) is 9.96. The molecule has 1 aliphatic heterocycles. The summed E-state index contributed by atoms with van der Waals surface area (Å²) in [5, 5.41) is 10.3. The first-order valence-electron chi connectivity index (χ1n) is 9.96. The van der Waals surface area contributed by atoms with E-state index in [-0.39, 0.29) is 5.82 Å². The molecule has 1 saturated heterocycles. The third kappa shape index (κ3) is 4.02. The number of nitriles is 1. The molecule has 2 aromatic carbocycles. The van der Waals surface area contributed by atoms with Gasteiger partial charge in [0.25, 0.3) is 0 Å². The molecule has 2 heterocycles. The van der Waals surface area contributed by atoms with Crippen molar-refractivity contribution in [3.05, 3.63) is 65.6 Å². The Bertz CT molecular complexity index is 980. The second-order valence-electron chi connectivity index (χ2n) is 7.42. The highest BCUT2D eigenvalue weighted by atomic mass is 19.1. The Hall–Kier alpha value is -2.84. The number of aromatic nitrogens is 1. The number of rotatable bonds is 6. The number of nitrogens with one attached hydrogen (secondary N) is 1. The Morgan fingerprint density at radius 3 is 2.64 bits per heavy atom. The summed E-state index contributed by atoms with van der Waals surface area (Å²) in [6, 6.07) is 15.1. The van der Waals surface area contributed by atoms with E-state index in [1.54, 1.807) is 6.07 Å². The summed E-state index contributed by atoms with van der Waals surface area (Å²) in [6.07, 6.45) is 5.35. The highest BCUT2D eigenvalue weighted by Gasteiger charge is 2.18. The lowest BCUT2D eigenvalue weighted by Gasteiger charge is -2.36. The van der Waals surface area contributed by atoms with Crippen molar-refractivity contribution in [3.8, 4) is 6.07 Å². The van der Waals surface area contributed by atoms with Crippen molar-refractivity contribution in [1.82, 2.24) is 9.88 Å². The van der Waals surface area contributed by atoms with Crippen LogP contribution >= 0.6 is 0 Å². The van der Waals surface area contributed by atoms with Crippen LogP contribution in [0.25, 0.3) is 10.9 Å². The molecule has 0 atom stereocenters.